The van der Waals surface area contributed by atoms with E-state index in [2.05, 4.69) is 0 Å². The summed E-state index contributed by atoms with van der Waals surface area (Å²) in [5, 5.41) is 0. The number of rotatable bonds is 6. The van der Waals surface area contributed by atoms with Gasteiger partial charge in [0.1, 0.15) is 5.82 Å². The minimum absolute atomic E-state index is 0.0268. The fourth-order valence-corrected chi connectivity index (χ4v) is 3.55. The maximum atomic E-state index is 13.1. The summed E-state index contributed by atoms with van der Waals surface area (Å²) in [6.45, 7) is 0.977. The summed E-state index contributed by atoms with van der Waals surface area (Å²) >= 11 is 0. The highest BCUT2D eigenvalue weighted by Crippen LogP contribution is 2.37. The Morgan fingerprint density at radius 1 is 1.15 bits per heavy atom. The van der Waals surface area contributed by atoms with Gasteiger partial charge in [-0.1, -0.05) is 6.07 Å². The average Bonchev–Trinajstić information content (AvgIpc) is 3.17. The molecule has 0 aromatic heterocycles. The van der Waals surface area contributed by atoms with Crippen LogP contribution in [-0.2, 0) is 4.79 Å². The molecule has 2 aromatic rings. The average molecular weight is 372 g/mol. The first kappa shape index (κ1) is 19.0. The zero-order valence-corrected chi connectivity index (χ0v) is 15.9. The Kier molecular flexibility index (Phi) is 5.84. The SMILES string of the molecule is COc1ccc(C2CCCN2C(=O)CN(C)c2ccc(F)cc2)cc1OC. The van der Waals surface area contributed by atoms with Crippen molar-refractivity contribution in [2.75, 3.05) is 39.3 Å². The molecule has 1 atom stereocenters. The van der Waals surface area contributed by atoms with Crippen LogP contribution in [0.5, 0.6) is 11.5 Å². The topological polar surface area (TPSA) is 42.0 Å². The molecular weight excluding hydrogens is 347 g/mol. The molecule has 0 radical (unpaired) electrons. The number of hydrogen-bond acceptors (Lipinski definition) is 4. The minimum Gasteiger partial charge on any atom is -0.493 e. The Morgan fingerprint density at radius 2 is 1.85 bits per heavy atom. The maximum absolute atomic E-state index is 13.1. The second kappa shape index (κ2) is 8.29. The molecule has 1 saturated heterocycles. The lowest BCUT2D eigenvalue weighted by Crippen LogP contribution is -2.38. The van der Waals surface area contributed by atoms with E-state index in [1.54, 1.807) is 26.4 Å². The number of likely N-dealkylation sites (N-methyl/N-ethyl adjacent to an activating group) is 1. The van der Waals surface area contributed by atoms with E-state index < -0.39 is 0 Å². The Balaban J connectivity index is 1.73. The lowest BCUT2D eigenvalue weighted by atomic mass is 10.0. The van der Waals surface area contributed by atoms with E-state index in [9.17, 15) is 9.18 Å². The summed E-state index contributed by atoms with van der Waals surface area (Å²) in [5.74, 6) is 1.11. The molecule has 144 valence electrons. The minimum atomic E-state index is -0.286. The van der Waals surface area contributed by atoms with Crippen LogP contribution in [0.4, 0.5) is 10.1 Å². The molecule has 0 saturated carbocycles. The Morgan fingerprint density at radius 3 is 2.52 bits per heavy atom. The number of methoxy groups -OCH3 is 2. The monoisotopic (exact) mass is 372 g/mol. The summed E-state index contributed by atoms with van der Waals surface area (Å²) in [5.41, 5.74) is 1.86. The van der Waals surface area contributed by atoms with Crippen LogP contribution in [0.15, 0.2) is 42.5 Å². The van der Waals surface area contributed by atoms with Crippen LogP contribution < -0.4 is 14.4 Å². The number of nitrogens with zero attached hydrogens (tertiary/aromatic N) is 2. The van der Waals surface area contributed by atoms with Gasteiger partial charge in [-0.3, -0.25) is 4.79 Å². The highest BCUT2D eigenvalue weighted by Gasteiger charge is 2.31. The Bertz CT molecular complexity index is 795. The molecule has 2 aromatic carbocycles. The molecule has 0 spiro atoms. The van der Waals surface area contributed by atoms with Crippen LogP contribution in [0, 0.1) is 5.82 Å². The molecule has 1 aliphatic rings. The van der Waals surface area contributed by atoms with Crippen LogP contribution >= 0.6 is 0 Å². The molecular formula is C21H25FN2O3. The van der Waals surface area contributed by atoms with Crippen LogP contribution in [0.2, 0.25) is 0 Å². The third-order valence-corrected chi connectivity index (χ3v) is 5.01. The van der Waals surface area contributed by atoms with Gasteiger partial charge < -0.3 is 19.3 Å². The van der Waals surface area contributed by atoms with E-state index in [0.717, 1.165) is 30.6 Å². The summed E-state index contributed by atoms with van der Waals surface area (Å²) in [6, 6.07) is 12.0. The van der Waals surface area contributed by atoms with Gasteiger partial charge >= 0.3 is 0 Å². The van der Waals surface area contributed by atoms with Gasteiger partial charge in [-0.2, -0.15) is 0 Å². The first-order valence-corrected chi connectivity index (χ1v) is 9.01. The van der Waals surface area contributed by atoms with Crippen LogP contribution in [0.1, 0.15) is 24.4 Å². The number of ether oxygens (including phenoxy) is 2. The van der Waals surface area contributed by atoms with Gasteiger partial charge in [-0.15, -0.1) is 0 Å². The number of halogens is 1. The molecule has 1 amide bonds. The van der Waals surface area contributed by atoms with E-state index in [-0.39, 0.29) is 24.3 Å². The highest BCUT2D eigenvalue weighted by molar-refractivity contribution is 5.82. The molecule has 6 heteroatoms. The molecule has 0 aliphatic carbocycles. The molecule has 1 unspecified atom stereocenters. The zero-order chi connectivity index (χ0) is 19.4. The summed E-state index contributed by atoms with van der Waals surface area (Å²) in [6.07, 6.45) is 1.88. The van der Waals surface area contributed by atoms with Gasteiger partial charge in [0.15, 0.2) is 11.5 Å². The molecule has 1 aliphatic heterocycles. The summed E-state index contributed by atoms with van der Waals surface area (Å²) in [7, 11) is 5.05. The van der Waals surface area contributed by atoms with Crippen LogP contribution in [-0.4, -0.2) is 45.2 Å². The molecule has 1 heterocycles. The lowest BCUT2D eigenvalue weighted by Gasteiger charge is -2.28. The second-order valence-electron chi connectivity index (χ2n) is 6.69. The van der Waals surface area contributed by atoms with Gasteiger partial charge in [0, 0.05) is 19.3 Å². The number of hydrogen-bond donors (Lipinski definition) is 0. The van der Waals surface area contributed by atoms with Crippen molar-refractivity contribution in [2.24, 2.45) is 0 Å². The second-order valence-corrected chi connectivity index (χ2v) is 6.69. The van der Waals surface area contributed by atoms with Crippen molar-refractivity contribution in [2.45, 2.75) is 18.9 Å². The molecule has 3 rings (SSSR count). The van der Waals surface area contributed by atoms with Gasteiger partial charge in [-0.05, 0) is 54.8 Å². The van der Waals surface area contributed by atoms with Crippen molar-refractivity contribution in [1.29, 1.82) is 0 Å². The molecule has 27 heavy (non-hydrogen) atoms. The van der Waals surface area contributed by atoms with E-state index >= 15 is 0 Å². The van der Waals surface area contributed by atoms with E-state index in [0.29, 0.717) is 11.5 Å². The van der Waals surface area contributed by atoms with Crippen LogP contribution in [0.25, 0.3) is 0 Å². The number of benzene rings is 2. The van der Waals surface area contributed by atoms with Gasteiger partial charge in [0.25, 0.3) is 0 Å². The van der Waals surface area contributed by atoms with E-state index in [1.165, 1.54) is 12.1 Å². The number of anilines is 1. The lowest BCUT2D eigenvalue weighted by molar-refractivity contribution is -0.130. The summed E-state index contributed by atoms with van der Waals surface area (Å²) < 4.78 is 23.8. The molecule has 0 N–H and O–H groups in total. The first-order chi connectivity index (χ1) is 13.0. The van der Waals surface area contributed by atoms with Crippen LogP contribution in [0.3, 0.4) is 0 Å². The van der Waals surface area contributed by atoms with Crippen molar-refractivity contribution in [3.05, 3.63) is 53.8 Å². The van der Waals surface area contributed by atoms with Gasteiger partial charge in [0.05, 0.1) is 26.8 Å². The maximum Gasteiger partial charge on any atom is 0.242 e. The summed E-state index contributed by atoms with van der Waals surface area (Å²) in [4.78, 5) is 16.7. The van der Waals surface area contributed by atoms with Crippen molar-refractivity contribution < 1.29 is 18.7 Å². The van der Waals surface area contributed by atoms with E-state index in [1.807, 2.05) is 35.0 Å². The highest BCUT2D eigenvalue weighted by atomic mass is 19.1. The largest absolute Gasteiger partial charge is 0.493 e. The number of likely N-dealkylation sites (tertiary alicyclic amines) is 1. The molecule has 5 nitrogen and oxygen atoms in total. The van der Waals surface area contributed by atoms with Gasteiger partial charge in [0.2, 0.25) is 5.91 Å². The number of carbonyl (C=O) groups is 1. The van der Waals surface area contributed by atoms with Gasteiger partial charge in [-0.25, -0.2) is 4.39 Å². The zero-order valence-electron chi connectivity index (χ0n) is 15.9. The Labute approximate surface area is 159 Å². The predicted molar refractivity (Wildman–Crippen MR) is 103 cm³/mol. The third-order valence-electron chi connectivity index (χ3n) is 5.01. The molecule has 0 bridgehead atoms. The standard InChI is InChI=1S/C21H25FN2O3/c1-23(17-9-7-16(22)8-10-17)14-21(25)24-12-4-5-18(24)15-6-11-19(26-2)20(13-15)27-3/h6-11,13,18H,4-5,12,14H2,1-3H3. The van der Waals surface area contributed by atoms with E-state index in [4.69, 9.17) is 9.47 Å². The number of carbonyl (C=O) groups excluding carboxylic acids is 1. The Hall–Kier alpha value is -2.76. The smallest absolute Gasteiger partial charge is 0.242 e. The van der Waals surface area contributed by atoms with Crippen molar-refractivity contribution in [3.63, 3.8) is 0 Å². The quantitative estimate of drug-likeness (QED) is 0.776. The fraction of sp³-hybridized carbons (Fsp3) is 0.381. The first-order valence-electron chi connectivity index (χ1n) is 9.01. The van der Waals surface area contributed by atoms with Crippen molar-refractivity contribution in [1.82, 2.24) is 4.90 Å². The fourth-order valence-electron chi connectivity index (χ4n) is 3.55. The molecule has 1 fully saturated rings. The normalized spacial score (nSPS) is 16.3. The third kappa shape index (κ3) is 4.15. The predicted octanol–water partition coefficient (Wildman–Crippen LogP) is 3.64. The van der Waals surface area contributed by atoms with Crippen molar-refractivity contribution in [3.8, 4) is 11.5 Å². The number of amides is 1. The van der Waals surface area contributed by atoms with Crippen molar-refractivity contribution >= 4 is 11.6 Å².